The third-order valence-electron chi connectivity index (χ3n) is 5.00. The van der Waals surface area contributed by atoms with Crippen molar-refractivity contribution < 1.29 is 0 Å². The Morgan fingerprint density at radius 2 is 1.79 bits per heavy atom. The van der Waals surface area contributed by atoms with E-state index in [1.807, 2.05) is 0 Å². The third-order valence-corrected chi connectivity index (χ3v) is 6.32. The average molecular weight is 277 g/mol. The summed E-state index contributed by atoms with van der Waals surface area (Å²) in [5.41, 5.74) is 1.67. The fourth-order valence-corrected chi connectivity index (χ4v) is 5.38. The van der Waals surface area contributed by atoms with Crippen LogP contribution in [0.25, 0.3) is 0 Å². The number of aryl methyl sites for hydroxylation is 2. The van der Waals surface area contributed by atoms with Gasteiger partial charge in [-0.1, -0.05) is 25.7 Å². The fraction of sp³-hybridized carbons (Fsp3) is 0.765. The van der Waals surface area contributed by atoms with Gasteiger partial charge in [-0.05, 0) is 63.1 Å². The minimum absolute atomic E-state index is 0.622. The molecule has 0 spiro atoms. The Balaban J connectivity index is 1.79. The molecule has 19 heavy (non-hydrogen) atoms. The second-order valence-corrected chi connectivity index (χ2v) is 7.49. The SMILES string of the molecule is CNC(c1cc2c(s1)CCCCC2)C1CCCCC1. The van der Waals surface area contributed by atoms with Gasteiger partial charge in [-0.15, -0.1) is 11.3 Å². The van der Waals surface area contributed by atoms with Crippen molar-refractivity contribution in [1.29, 1.82) is 0 Å². The monoisotopic (exact) mass is 277 g/mol. The van der Waals surface area contributed by atoms with E-state index >= 15 is 0 Å². The van der Waals surface area contributed by atoms with Crippen LogP contribution < -0.4 is 5.32 Å². The van der Waals surface area contributed by atoms with E-state index in [4.69, 9.17) is 0 Å². The first-order valence-electron chi connectivity index (χ1n) is 8.17. The molecule has 1 saturated carbocycles. The van der Waals surface area contributed by atoms with E-state index in [1.54, 1.807) is 15.3 Å². The molecule has 0 saturated heterocycles. The summed E-state index contributed by atoms with van der Waals surface area (Å²) in [4.78, 5) is 3.32. The van der Waals surface area contributed by atoms with Crippen LogP contribution in [0, 0.1) is 5.92 Å². The molecule has 2 aliphatic carbocycles. The smallest absolute Gasteiger partial charge is 0.0441 e. The second-order valence-electron chi connectivity index (χ2n) is 6.32. The predicted molar refractivity (Wildman–Crippen MR) is 84.0 cm³/mol. The van der Waals surface area contributed by atoms with Crippen LogP contribution >= 0.6 is 11.3 Å². The van der Waals surface area contributed by atoms with Crippen LogP contribution in [0.4, 0.5) is 0 Å². The highest BCUT2D eigenvalue weighted by molar-refractivity contribution is 7.12. The number of hydrogen-bond acceptors (Lipinski definition) is 2. The van der Waals surface area contributed by atoms with Gasteiger partial charge >= 0.3 is 0 Å². The Bertz CT molecular complexity index is 380. The lowest BCUT2D eigenvalue weighted by Gasteiger charge is -2.29. The van der Waals surface area contributed by atoms with Crippen LogP contribution in [0.15, 0.2) is 6.07 Å². The maximum atomic E-state index is 3.62. The lowest BCUT2D eigenvalue weighted by Crippen LogP contribution is -2.26. The summed E-state index contributed by atoms with van der Waals surface area (Å²) >= 11 is 2.11. The highest BCUT2D eigenvalue weighted by Crippen LogP contribution is 2.39. The number of rotatable bonds is 3. The summed E-state index contributed by atoms with van der Waals surface area (Å²) in [5.74, 6) is 0.876. The van der Waals surface area contributed by atoms with Crippen molar-refractivity contribution in [2.45, 2.75) is 70.3 Å². The zero-order valence-corrected chi connectivity index (χ0v) is 13.0. The molecular formula is C17H27NS. The molecule has 0 aromatic carbocycles. The molecule has 1 heterocycles. The zero-order chi connectivity index (χ0) is 13.1. The summed E-state index contributed by atoms with van der Waals surface area (Å²) in [6.45, 7) is 0. The fourth-order valence-electron chi connectivity index (χ4n) is 3.92. The van der Waals surface area contributed by atoms with Gasteiger partial charge in [-0.25, -0.2) is 0 Å². The van der Waals surface area contributed by atoms with Crippen molar-refractivity contribution in [2.24, 2.45) is 5.92 Å². The standard InChI is InChI=1S/C17H27NS/c1-18-17(13-8-4-2-5-9-13)16-12-14-10-6-3-7-11-15(14)19-16/h12-13,17-18H,2-11H2,1H3. The Labute approximate surface area is 121 Å². The van der Waals surface area contributed by atoms with Gasteiger partial charge in [0, 0.05) is 15.8 Å². The summed E-state index contributed by atoms with van der Waals surface area (Å²) in [6, 6.07) is 3.17. The van der Waals surface area contributed by atoms with Gasteiger partial charge in [0.15, 0.2) is 0 Å². The molecule has 0 aliphatic heterocycles. The van der Waals surface area contributed by atoms with Crippen LogP contribution in [-0.4, -0.2) is 7.05 Å². The summed E-state index contributed by atoms with van der Waals surface area (Å²) in [6.07, 6.45) is 14.1. The lowest BCUT2D eigenvalue weighted by molar-refractivity contribution is 0.284. The first kappa shape index (κ1) is 13.6. The van der Waals surface area contributed by atoms with Crippen LogP contribution in [0.1, 0.15) is 72.7 Å². The number of hydrogen-bond donors (Lipinski definition) is 1. The Kier molecular flexibility index (Phi) is 4.60. The van der Waals surface area contributed by atoms with E-state index in [-0.39, 0.29) is 0 Å². The Hall–Kier alpha value is -0.340. The summed E-state index contributed by atoms with van der Waals surface area (Å²) in [7, 11) is 2.16. The molecule has 2 heteroatoms. The van der Waals surface area contributed by atoms with E-state index in [9.17, 15) is 0 Å². The molecule has 106 valence electrons. The molecule has 0 amide bonds. The highest BCUT2D eigenvalue weighted by atomic mass is 32.1. The van der Waals surface area contributed by atoms with Crippen LogP contribution in [-0.2, 0) is 12.8 Å². The highest BCUT2D eigenvalue weighted by Gasteiger charge is 2.26. The van der Waals surface area contributed by atoms with Crippen LogP contribution in [0.3, 0.4) is 0 Å². The van der Waals surface area contributed by atoms with Gasteiger partial charge < -0.3 is 5.32 Å². The van der Waals surface area contributed by atoms with Crippen molar-refractivity contribution in [3.8, 4) is 0 Å². The van der Waals surface area contributed by atoms with E-state index < -0.39 is 0 Å². The molecule has 0 radical (unpaired) electrons. The normalized spacial score (nSPS) is 22.8. The average Bonchev–Trinajstić information content (AvgIpc) is 2.71. The number of thiophene rings is 1. The van der Waals surface area contributed by atoms with Crippen molar-refractivity contribution in [3.63, 3.8) is 0 Å². The zero-order valence-electron chi connectivity index (χ0n) is 12.2. The van der Waals surface area contributed by atoms with E-state index in [0.717, 1.165) is 5.92 Å². The molecule has 1 nitrogen and oxygen atoms in total. The lowest BCUT2D eigenvalue weighted by atomic mass is 9.83. The second kappa shape index (κ2) is 6.41. The van der Waals surface area contributed by atoms with Gasteiger partial charge in [0.2, 0.25) is 0 Å². The van der Waals surface area contributed by atoms with Gasteiger partial charge in [-0.2, -0.15) is 0 Å². The topological polar surface area (TPSA) is 12.0 Å². The number of fused-ring (bicyclic) bond motifs is 1. The largest absolute Gasteiger partial charge is 0.312 e. The molecule has 1 N–H and O–H groups in total. The van der Waals surface area contributed by atoms with Crippen molar-refractivity contribution >= 4 is 11.3 Å². The first-order valence-corrected chi connectivity index (χ1v) is 8.99. The van der Waals surface area contributed by atoms with Gasteiger partial charge in [0.05, 0.1) is 0 Å². The van der Waals surface area contributed by atoms with Crippen molar-refractivity contribution in [3.05, 3.63) is 21.4 Å². The molecule has 3 rings (SSSR count). The maximum Gasteiger partial charge on any atom is 0.0441 e. The third kappa shape index (κ3) is 3.05. The van der Waals surface area contributed by atoms with Gasteiger partial charge in [0.1, 0.15) is 0 Å². The Morgan fingerprint density at radius 1 is 1.05 bits per heavy atom. The Morgan fingerprint density at radius 3 is 2.58 bits per heavy atom. The van der Waals surface area contributed by atoms with Crippen LogP contribution in [0.2, 0.25) is 0 Å². The maximum absolute atomic E-state index is 3.62. The van der Waals surface area contributed by atoms with Crippen LogP contribution in [0.5, 0.6) is 0 Å². The first-order chi connectivity index (χ1) is 9.38. The molecule has 1 aromatic heterocycles. The minimum Gasteiger partial charge on any atom is -0.312 e. The molecule has 1 atom stereocenters. The van der Waals surface area contributed by atoms with Gasteiger partial charge in [-0.3, -0.25) is 0 Å². The molecule has 2 aliphatic rings. The van der Waals surface area contributed by atoms with E-state index in [1.165, 1.54) is 64.2 Å². The van der Waals surface area contributed by atoms with Crippen molar-refractivity contribution in [1.82, 2.24) is 5.32 Å². The minimum atomic E-state index is 0.622. The molecule has 1 unspecified atom stereocenters. The number of nitrogens with one attached hydrogen (secondary N) is 1. The van der Waals surface area contributed by atoms with Crippen molar-refractivity contribution in [2.75, 3.05) is 7.05 Å². The van der Waals surface area contributed by atoms with E-state index in [2.05, 4.69) is 29.8 Å². The molecular weight excluding hydrogens is 250 g/mol. The van der Waals surface area contributed by atoms with Gasteiger partial charge in [0.25, 0.3) is 0 Å². The quantitative estimate of drug-likeness (QED) is 0.778. The molecule has 1 fully saturated rings. The molecule has 1 aromatic rings. The molecule has 0 bridgehead atoms. The van der Waals surface area contributed by atoms with E-state index in [0.29, 0.717) is 6.04 Å². The summed E-state index contributed by atoms with van der Waals surface area (Å²) < 4.78 is 0. The predicted octanol–water partition coefficient (Wildman–Crippen LogP) is 4.86. The summed E-state index contributed by atoms with van der Waals surface area (Å²) in [5, 5.41) is 3.62.